The summed E-state index contributed by atoms with van der Waals surface area (Å²) < 4.78 is 7.38. The van der Waals surface area contributed by atoms with E-state index < -0.39 is 0 Å². The summed E-state index contributed by atoms with van der Waals surface area (Å²) in [7, 11) is 1.89. The molecule has 0 aromatic carbocycles. The molecule has 1 atom stereocenters. The molecule has 78 valence electrons. The highest BCUT2D eigenvalue weighted by atomic mass is 16.5. The monoisotopic (exact) mass is 196 g/mol. The molecule has 1 aromatic rings. The fourth-order valence-electron chi connectivity index (χ4n) is 1.96. The maximum Gasteiger partial charge on any atom is 0.0968 e. The summed E-state index contributed by atoms with van der Waals surface area (Å²) >= 11 is 0. The summed E-state index contributed by atoms with van der Waals surface area (Å²) in [5.41, 5.74) is 0.623. The van der Waals surface area contributed by atoms with E-state index in [4.69, 9.17) is 4.74 Å². The van der Waals surface area contributed by atoms with Gasteiger partial charge in [0.15, 0.2) is 0 Å². The number of aromatic nitrogens is 2. The molecule has 1 aliphatic heterocycles. The number of rotatable bonds is 3. The Balaban J connectivity index is 2.08. The van der Waals surface area contributed by atoms with Gasteiger partial charge in [-0.1, -0.05) is 0 Å². The van der Waals surface area contributed by atoms with Gasteiger partial charge >= 0.3 is 0 Å². The van der Waals surface area contributed by atoms with Gasteiger partial charge in [-0.3, -0.25) is 4.68 Å². The zero-order chi connectivity index (χ0) is 10.0. The van der Waals surface area contributed by atoms with Gasteiger partial charge in [-0.15, -0.1) is 0 Å². The van der Waals surface area contributed by atoms with E-state index in [-0.39, 0.29) is 12.2 Å². The molecule has 0 bridgehead atoms. The Hall–Kier alpha value is -0.870. The molecule has 1 aliphatic rings. The molecular weight excluding hydrogens is 180 g/mol. The first-order valence-corrected chi connectivity index (χ1v) is 4.97. The summed E-state index contributed by atoms with van der Waals surface area (Å²) in [6.45, 7) is 0.844. The molecule has 1 saturated heterocycles. The Bertz CT molecular complexity index is 303. The predicted octanol–water partition coefficient (Wildman–Crippen LogP) is 0.504. The molecule has 4 nitrogen and oxygen atoms in total. The Morgan fingerprint density at radius 1 is 1.71 bits per heavy atom. The number of hydrogen-bond donors (Lipinski definition) is 1. The van der Waals surface area contributed by atoms with Crippen LogP contribution in [0.15, 0.2) is 12.3 Å². The Labute approximate surface area is 83.5 Å². The summed E-state index contributed by atoms with van der Waals surface area (Å²) in [6.07, 6.45) is 4.59. The smallest absolute Gasteiger partial charge is 0.0968 e. The van der Waals surface area contributed by atoms with Crippen molar-refractivity contribution >= 4 is 0 Å². The van der Waals surface area contributed by atoms with Crippen molar-refractivity contribution in [3.05, 3.63) is 18.0 Å². The van der Waals surface area contributed by atoms with Gasteiger partial charge in [0, 0.05) is 26.3 Å². The quantitative estimate of drug-likeness (QED) is 0.766. The molecule has 0 saturated carbocycles. The van der Waals surface area contributed by atoms with Crippen LogP contribution in [0, 0.1) is 0 Å². The molecule has 14 heavy (non-hydrogen) atoms. The third kappa shape index (κ3) is 1.81. The van der Waals surface area contributed by atoms with Crippen LogP contribution in [0.1, 0.15) is 18.5 Å². The molecule has 4 heteroatoms. The lowest BCUT2D eigenvalue weighted by atomic mass is 9.95. The van der Waals surface area contributed by atoms with Crippen molar-refractivity contribution < 1.29 is 9.84 Å². The minimum absolute atomic E-state index is 0.0869. The highest BCUT2D eigenvalue weighted by molar-refractivity contribution is 5.05. The average molecular weight is 196 g/mol. The Kier molecular flexibility index (Phi) is 2.56. The average Bonchev–Trinajstić information content (AvgIpc) is 2.77. The highest BCUT2D eigenvalue weighted by Crippen LogP contribution is 2.28. The number of aryl methyl sites for hydroxylation is 1. The van der Waals surface area contributed by atoms with Gasteiger partial charge in [-0.2, -0.15) is 5.10 Å². The highest BCUT2D eigenvalue weighted by Gasteiger charge is 2.35. The largest absolute Gasteiger partial charge is 0.393 e. The molecule has 2 heterocycles. The van der Waals surface area contributed by atoms with Crippen LogP contribution in [0.4, 0.5) is 0 Å². The molecule has 1 unspecified atom stereocenters. The van der Waals surface area contributed by atoms with Crippen LogP contribution in [0.25, 0.3) is 0 Å². The van der Waals surface area contributed by atoms with Crippen LogP contribution < -0.4 is 0 Å². The van der Waals surface area contributed by atoms with Gasteiger partial charge in [0.2, 0.25) is 0 Å². The Morgan fingerprint density at radius 2 is 2.57 bits per heavy atom. The van der Waals surface area contributed by atoms with Crippen molar-refractivity contribution in [3.8, 4) is 0 Å². The standard InChI is InChI=1S/C10H16N2O2/c1-12-5-3-9(11-12)7-10(8-13)4-2-6-14-10/h3,5,13H,2,4,6-8H2,1H3. The number of hydrogen-bond acceptors (Lipinski definition) is 3. The van der Waals surface area contributed by atoms with Crippen LogP contribution in [-0.4, -0.2) is 33.7 Å². The third-order valence-electron chi connectivity index (χ3n) is 2.75. The van der Waals surface area contributed by atoms with Crippen LogP contribution in [0.2, 0.25) is 0 Å². The summed E-state index contributed by atoms with van der Waals surface area (Å²) in [4.78, 5) is 0. The van der Waals surface area contributed by atoms with E-state index in [0.29, 0.717) is 6.42 Å². The zero-order valence-electron chi connectivity index (χ0n) is 8.44. The lowest BCUT2D eigenvalue weighted by Crippen LogP contribution is -2.35. The second-order valence-corrected chi connectivity index (χ2v) is 3.95. The normalized spacial score (nSPS) is 27.0. The molecular formula is C10H16N2O2. The fraction of sp³-hybridized carbons (Fsp3) is 0.700. The van der Waals surface area contributed by atoms with Crippen LogP contribution >= 0.6 is 0 Å². The second-order valence-electron chi connectivity index (χ2n) is 3.95. The lowest BCUT2D eigenvalue weighted by molar-refractivity contribution is -0.0383. The molecule has 1 N–H and O–H groups in total. The van der Waals surface area contributed by atoms with Crippen LogP contribution in [0.5, 0.6) is 0 Å². The van der Waals surface area contributed by atoms with Gasteiger partial charge in [0.05, 0.1) is 17.9 Å². The van der Waals surface area contributed by atoms with E-state index >= 15 is 0 Å². The molecule has 1 fully saturated rings. The number of aliphatic hydroxyl groups is 1. The van der Waals surface area contributed by atoms with Crippen molar-refractivity contribution in [1.82, 2.24) is 9.78 Å². The molecule has 1 aromatic heterocycles. The van der Waals surface area contributed by atoms with Gasteiger partial charge in [0.25, 0.3) is 0 Å². The van der Waals surface area contributed by atoms with E-state index in [2.05, 4.69) is 5.10 Å². The summed E-state index contributed by atoms with van der Waals surface area (Å²) in [6, 6.07) is 1.97. The first kappa shape index (κ1) is 9.68. The lowest BCUT2D eigenvalue weighted by Gasteiger charge is -2.24. The van der Waals surface area contributed by atoms with E-state index in [1.54, 1.807) is 4.68 Å². The topological polar surface area (TPSA) is 47.3 Å². The molecule has 0 aliphatic carbocycles. The fourth-order valence-corrected chi connectivity index (χ4v) is 1.96. The van der Waals surface area contributed by atoms with Crippen molar-refractivity contribution in [2.24, 2.45) is 7.05 Å². The van der Waals surface area contributed by atoms with Gasteiger partial charge in [-0.25, -0.2) is 0 Å². The van der Waals surface area contributed by atoms with Crippen molar-refractivity contribution in [1.29, 1.82) is 0 Å². The number of aliphatic hydroxyl groups excluding tert-OH is 1. The van der Waals surface area contributed by atoms with Gasteiger partial charge in [-0.05, 0) is 18.9 Å². The van der Waals surface area contributed by atoms with E-state index in [1.807, 2.05) is 19.3 Å². The van der Waals surface area contributed by atoms with Gasteiger partial charge in [0.1, 0.15) is 0 Å². The maximum absolute atomic E-state index is 9.33. The third-order valence-corrected chi connectivity index (χ3v) is 2.75. The maximum atomic E-state index is 9.33. The number of nitrogens with zero attached hydrogens (tertiary/aromatic N) is 2. The summed E-state index contributed by atoms with van der Waals surface area (Å²) in [5, 5.41) is 13.6. The molecule has 0 radical (unpaired) electrons. The first-order valence-electron chi connectivity index (χ1n) is 4.97. The molecule has 0 amide bonds. The van der Waals surface area contributed by atoms with Crippen molar-refractivity contribution in [2.45, 2.75) is 24.9 Å². The minimum atomic E-state index is -0.367. The first-order chi connectivity index (χ1) is 6.74. The predicted molar refractivity (Wildman–Crippen MR) is 51.9 cm³/mol. The van der Waals surface area contributed by atoms with Gasteiger partial charge < -0.3 is 9.84 Å². The van der Waals surface area contributed by atoms with E-state index in [0.717, 1.165) is 25.1 Å². The Morgan fingerprint density at radius 3 is 3.07 bits per heavy atom. The SMILES string of the molecule is Cn1ccc(CC2(CO)CCCO2)n1. The number of ether oxygens (including phenoxy) is 1. The summed E-state index contributed by atoms with van der Waals surface area (Å²) in [5.74, 6) is 0. The van der Waals surface area contributed by atoms with Crippen molar-refractivity contribution in [3.63, 3.8) is 0 Å². The second kappa shape index (κ2) is 3.71. The molecule has 2 rings (SSSR count). The van der Waals surface area contributed by atoms with E-state index in [1.165, 1.54) is 0 Å². The van der Waals surface area contributed by atoms with Crippen LogP contribution in [0.3, 0.4) is 0 Å². The van der Waals surface area contributed by atoms with Crippen molar-refractivity contribution in [2.75, 3.05) is 13.2 Å². The van der Waals surface area contributed by atoms with E-state index in [9.17, 15) is 5.11 Å². The zero-order valence-corrected chi connectivity index (χ0v) is 8.44. The molecule has 0 spiro atoms. The minimum Gasteiger partial charge on any atom is -0.393 e. The van der Waals surface area contributed by atoms with Crippen LogP contribution in [-0.2, 0) is 18.2 Å².